The third-order valence-electron chi connectivity index (χ3n) is 6.67. The van der Waals surface area contributed by atoms with Gasteiger partial charge in [0.05, 0.1) is 12.5 Å². The number of hydrogen-bond donors (Lipinski definition) is 0. The van der Waals surface area contributed by atoms with Gasteiger partial charge in [0.1, 0.15) is 5.76 Å². The summed E-state index contributed by atoms with van der Waals surface area (Å²) >= 11 is 0. The van der Waals surface area contributed by atoms with Gasteiger partial charge in [0, 0.05) is 5.57 Å². The van der Waals surface area contributed by atoms with Gasteiger partial charge >= 0.3 is 0 Å². The van der Waals surface area contributed by atoms with Crippen LogP contribution in [-0.4, -0.2) is 36.2 Å². The minimum Gasteiger partial charge on any atom is -0.497 e. The van der Waals surface area contributed by atoms with Crippen molar-refractivity contribution in [3.63, 3.8) is 0 Å². The van der Waals surface area contributed by atoms with E-state index in [9.17, 15) is 9.59 Å². The van der Waals surface area contributed by atoms with Gasteiger partial charge in [-0.05, 0) is 42.2 Å². The summed E-state index contributed by atoms with van der Waals surface area (Å²) in [6.07, 6.45) is 2.49. The van der Waals surface area contributed by atoms with Crippen LogP contribution < -0.4 is 0 Å². The highest BCUT2D eigenvalue weighted by atomic mass is 16.8. The van der Waals surface area contributed by atoms with Crippen LogP contribution in [0.5, 0.6) is 0 Å². The molecule has 5 nitrogen and oxygen atoms in total. The van der Waals surface area contributed by atoms with Crippen LogP contribution in [0.4, 0.5) is 0 Å². The van der Waals surface area contributed by atoms with E-state index >= 15 is 0 Å². The fourth-order valence-electron chi connectivity index (χ4n) is 4.93. The second-order valence-electron chi connectivity index (χ2n) is 10.6. The van der Waals surface area contributed by atoms with E-state index in [-0.39, 0.29) is 17.0 Å². The van der Waals surface area contributed by atoms with Gasteiger partial charge in [-0.3, -0.25) is 9.59 Å². The molecule has 4 aliphatic rings. The first kappa shape index (κ1) is 18.9. The highest BCUT2D eigenvalue weighted by molar-refractivity contribution is 6.13. The van der Waals surface area contributed by atoms with Gasteiger partial charge in [-0.15, -0.1) is 0 Å². The Labute approximate surface area is 161 Å². The van der Waals surface area contributed by atoms with Crippen LogP contribution in [0.3, 0.4) is 0 Å². The molecule has 3 fully saturated rings. The zero-order chi connectivity index (χ0) is 20.2. The molecule has 3 atom stereocenters. The van der Waals surface area contributed by atoms with Crippen molar-refractivity contribution in [2.24, 2.45) is 16.2 Å². The molecule has 2 saturated heterocycles. The summed E-state index contributed by atoms with van der Waals surface area (Å²) in [5.74, 6) is -0.872. The first-order valence-electron chi connectivity index (χ1n) is 9.73. The standard InChI is InChI=1S/C22H30O5/c1-18(2,3)12-11-13(19(4,5)6)16(25-8)22(14(12)23)17-15(24)21(9-10-21)20(7,26-17)27-22/h11,17H,9-10H2,1-8H3. The van der Waals surface area contributed by atoms with Crippen molar-refractivity contribution in [3.8, 4) is 0 Å². The largest absolute Gasteiger partial charge is 0.497 e. The normalized spacial score (nSPS) is 37.5. The van der Waals surface area contributed by atoms with Crippen LogP contribution in [-0.2, 0) is 23.8 Å². The fraction of sp³-hybridized carbons (Fsp3) is 0.727. The van der Waals surface area contributed by atoms with Gasteiger partial charge in [0.15, 0.2) is 17.7 Å². The van der Waals surface area contributed by atoms with Crippen molar-refractivity contribution in [2.75, 3.05) is 7.11 Å². The van der Waals surface area contributed by atoms with Crippen molar-refractivity contribution < 1.29 is 23.8 Å². The molecule has 0 aromatic carbocycles. The topological polar surface area (TPSA) is 61.8 Å². The molecule has 2 bridgehead atoms. The molecule has 0 amide bonds. The molecular formula is C22H30O5. The summed E-state index contributed by atoms with van der Waals surface area (Å²) in [7, 11) is 1.54. The maximum atomic E-state index is 13.8. The van der Waals surface area contributed by atoms with E-state index in [1.807, 2.05) is 26.8 Å². The molecule has 0 radical (unpaired) electrons. The molecule has 0 N–H and O–H groups in total. The van der Waals surface area contributed by atoms with Crippen LogP contribution in [0.2, 0.25) is 0 Å². The Kier molecular flexibility index (Phi) is 3.45. The van der Waals surface area contributed by atoms with Crippen molar-refractivity contribution in [1.29, 1.82) is 0 Å². The van der Waals surface area contributed by atoms with Crippen LogP contribution in [0.15, 0.2) is 23.0 Å². The Morgan fingerprint density at radius 2 is 1.67 bits per heavy atom. The zero-order valence-corrected chi connectivity index (χ0v) is 17.6. The van der Waals surface area contributed by atoms with Gasteiger partial charge in [-0.2, -0.15) is 0 Å². The second kappa shape index (κ2) is 4.93. The first-order valence-corrected chi connectivity index (χ1v) is 9.73. The first-order chi connectivity index (χ1) is 12.2. The van der Waals surface area contributed by atoms with E-state index in [1.165, 1.54) is 0 Å². The fourth-order valence-corrected chi connectivity index (χ4v) is 4.93. The van der Waals surface area contributed by atoms with Gasteiger partial charge in [-0.25, -0.2) is 0 Å². The molecule has 2 heterocycles. The highest BCUT2D eigenvalue weighted by Gasteiger charge is 2.83. The van der Waals surface area contributed by atoms with Crippen LogP contribution >= 0.6 is 0 Å². The Morgan fingerprint density at radius 1 is 1.07 bits per heavy atom. The molecule has 2 spiro atoms. The minimum absolute atomic E-state index is 0.0115. The number of carbonyl (C=O) groups excluding carboxylic acids is 2. The van der Waals surface area contributed by atoms with Crippen LogP contribution in [0, 0.1) is 16.2 Å². The number of ketones is 2. The number of methoxy groups -OCH3 is 1. The highest BCUT2D eigenvalue weighted by Crippen LogP contribution is 2.69. The molecule has 0 aromatic rings. The minimum atomic E-state index is -1.52. The van der Waals surface area contributed by atoms with Crippen LogP contribution in [0.25, 0.3) is 0 Å². The lowest BCUT2D eigenvalue weighted by atomic mass is 9.65. The quantitative estimate of drug-likeness (QED) is 0.700. The maximum absolute atomic E-state index is 13.8. The lowest BCUT2D eigenvalue weighted by Crippen LogP contribution is -2.62. The average Bonchev–Trinajstić information content (AvgIpc) is 3.23. The Bertz CT molecular complexity index is 815. The number of ether oxygens (including phenoxy) is 3. The predicted molar refractivity (Wildman–Crippen MR) is 99.8 cm³/mol. The number of allylic oxidation sites excluding steroid dienone is 2. The average molecular weight is 374 g/mol. The van der Waals surface area contributed by atoms with E-state index in [1.54, 1.807) is 14.0 Å². The third kappa shape index (κ3) is 2.07. The molecular weight excluding hydrogens is 344 g/mol. The third-order valence-corrected chi connectivity index (χ3v) is 6.67. The second-order valence-corrected chi connectivity index (χ2v) is 10.6. The van der Waals surface area contributed by atoms with E-state index in [4.69, 9.17) is 14.2 Å². The molecule has 2 aliphatic heterocycles. The van der Waals surface area contributed by atoms with E-state index < -0.39 is 28.3 Å². The van der Waals surface area contributed by atoms with Crippen molar-refractivity contribution in [2.45, 2.75) is 78.8 Å². The summed E-state index contributed by atoms with van der Waals surface area (Å²) in [5.41, 5.74) is -1.27. The summed E-state index contributed by atoms with van der Waals surface area (Å²) in [6, 6.07) is 0. The zero-order valence-electron chi connectivity index (χ0n) is 17.6. The predicted octanol–water partition coefficient (Wildman–Crippen LogP) is 3.72. The van der Waals surface area contributed by atoms with E-state index in [0.29, 0.717) is 11.3 Å². The Morgan fingerprint density at radius 3 is 2.07 bits per heavy atom. The number of fused-ring (bicyclic) bond motifs is 4. The Balaban J connectivity index is 1.98. The van der Waals surface area contributed by atoms with Gasteiger partial charge in [0.2, 0.25) is 11.4 Å². The molecule has 5 heteroatoms. The van der Waals surface area contributed by atoms with Gasteiger partial charge in [0.25, 0.3) is 0 Å². The summed E-state index contributed by atoms with van der Waals surface area (Å²) in [5, 5.41) is 0. The summed E-state index contributed by atoms with van der Waals surface area (Å²) in [6.45, 7) is 14.0. The smallest absolute Gasteiger partial charge is 0.223 e. The molecule has 3 unspecified atom stereocenters. The molecule has 4 rings (SSSR count). The maximum Gasteiger partial charge on any atom is 0.223 e. The lowest BCUT2D eigenvalue weighted by molar-refractivity contribution is -0.205. The van der Waals surface area contributed by atoms with Crippen molar-refractivity contribution >= 4 is 11.6 Å². The van der Waals surface area contributed by atoms with Gasteiger partial charge in [-0.1, -0.05) is 41.5 Å². The number of rotatable bonds is 1. The Hall–Kier alpha value is -1.46. The molecule has 27 heavy (non-hydrogen) atoms. The molecule has 0 aromatic heterocycles. The summed E-state index contributed by atoms with van der Waals surface area (Å²) < 4.78 is 18.4. The lowest BCUT2D eigenvalue weighted by Gasteiger charge is -2.45. The molecule has 148 valence electrons. The number of Topliss-reactive ketones (excluding diaryl/α,β-unsaturated/α-hetero) is 2. The van der Waals surface area contributed by atoms with Crippen molar-refractivity contribution in [1.82, 2.24) is 0 Å². The number of hydrogen-bond acceptors (Lipinski definition) is 5. The monoisotopic (exact) mass is 374 g/mol. The van der Waals surface area contributed by atoms with E-state index in [2.05, 4.69) is 20.8 Å². The van der Waals surface area contributed by atoms with Gasteiger partial charge < -0.3 is 14.2 Å². The molecule has 1 saturated carbocycles. The van der Waals surface area contributed by atoms with Crippen LogP contribution in [0.1, 0.15) is 61.3 Å². The van der Waals surface area contributed by atoms with Crippen molar-refractivity contribution in [3.05, 3.63) is 23.0 Å². The van der Waals surface area contributed by atoms with E-state index in [0.717, 1.165) is 18.4 Å². The summed E-state index contributed by atoms with van der Waals surface area (Å²) in [4.78, 5) is 27.1. The number of carbonyl (C=O) groups is 2. The SMILES string of the molecule is COC1=C(C(C)(C)C)C=C(C(C)(C)C)C(=O)C12OC1(C)OC2C(=O)C12CC2. The molecule has 2 aliphatic carbocycles.